The van der Waals surface area contributed by atoms with Gasteiger partial charge in [-0.3, -0.25) is 4.98 Å². The number of hydrogen-bond acceptors (Lipinski definition) is 3. The van der Waals surface area contributed by atoms with Crippen LogP contribution in [0.3, 0.4) is 0 Å². The van der Waals surface area contributed by atoms with Crippen LogP contribution in [0.1, 0.15) is 24.1 Å². The molecule has 0 amide bonds. The van der Waals surface area contributed by atoms with Crippen LogP contribution in [0.15, 0.2) is 18.3 Å². The maximum absolute atomic E-state index is 12.6. The third-order valence-electron chi connectivity index (χ3n) is 2.43. The smallest absolute Gasteiger partial charge is 0.330 e. The third-order valence-corrected chi connectivity index (χ3v) is 2.43. The molecule has 0 spiro atoms. The lowest BCUT2D eigenvalue weighted by molar-refractivity contribution is -0.138. The minimum Gasteiger partial charge on any atom is -0.330 e. The molecule has 0 bridgehead atoms. The first-order valence-electron chi connectivity index (χ1n) is 5.42. The largest absolute Gasteiger partial charge is 0.418 e. The van der Waals surface area contributed by atoms with Crippen molar-refractivity contribution in [2.45, 2.75) is 31.5 Å². The molecule has 17 heavy (non-hydrogen) atoms. The van der Waals surface area contributed by atoms with Crippen LogP contribution in [-0.2, 0) is 12.6 Å². The molecule has 0 saturated carbocycles. The van der Waals surface area contributed by atoms with Gasteiger partial charge in [0.05, 0.1) is 11.3 Å². The summed E-state index contributed by atoms with van der Waals surface area (Å²) in [6.07, 6.45) is -1.60. The van der Waals surface area contributed by atoms with Crippen LogP contribution in [0.4, 0.5) is 13.2 Å². The molecule has 3 nitrogen and oxygen atoms in total. The highest BCUT2D eigenvalue weighted by Crippen LogP contribution is 2.31. The van der Waals surface area contributed by atoms with Gasteiger partial charge in [0, 0.05) is 18.7 Å². The Morgan fingerprint density at radius 1 is 1.35 bits per heavy atom. The topological polar surface area (TPSA) is 64.9 Å². The molecule has 4 N–H and O–H groups in total. The minimum absolute atomic E-state index is 0.00419. The standard InChI is InChI=1S/C11H16F3N3/c12-11(13,14)9-4-2-6-17-10(9)7-8(16)3-1-5-15/h2,4,6,8H,1,3,5,7,15-16H2. The van der Waals surface area contributed by atoms with Gasteiger partial charge in [-0.05, 0) is 31.5 Å². The van der Waals surface area contributed by atoms with Crippen LogP contribution in [0, 0.1) is 0 Å². The lowest BCUT2D eigenvalue weighted by Crippen LogP contribution is -2.26. The lowest BCUT2D eigenvalue weighted by Gasteiger charge is -2.15. The molecule has 0 radical (unpaired) electrons. The minimum atomic E-state index is -4.38. The summed E-state index contributed by atoms with van der Waals surface area (Å²) >= 11 is 0. The number of rotatable bonds is 5. The Morgan fingerprint density at radius 2 is 2.06 bits per heavy atom. The fourth-order valence-electron chi connectivity index (χ4n) is 1.59. The Labute approximate surface area is 98.0 Å². The van der Waals surface area contributed by atoms with Gasteiger partial charge in [0.25, 0.3) is 0 Å². The molecule has 0 aliphatic carbocycles. The summed E-state index contributed by atoms with van der Waals surface area (Å²) in [6, 6.07) is 1.96. The van der Waals surface area contributed by atoms with E-state index in [1.807, 2.05) is 0 Å². The molecular weight excluding hydrogens is 231 g/mol. The summed E-state index contributed by atoms with van der Waals surface area (Å²) in [6.45, 7) is 0.488. The van der Waals surface area contributed by atoms with Gasteiger partial charge in [0.1, 0.15) is 0 Å². The molecule has 1 atom stereocenters. The van der Waals surface area contributed by atoms with Crippen LogP contribution < -0.4 is 11.5 Å². The molecule has 1 aromatic rings. The number of hydrogen-bond donors (Lipinski definition) is 2. The number of halogens is 3. The van der Waals surface area contributed by atoms with Crippen molar-refractivity contribution >= 4 is 0 Å². The van der Waals surface area contributed by atoms with Gasteiger partial charge < -0.3 is 11.5 Å². The van der Waals surface area contributed by atoms with Crippen LogP contribution in [-0.4, -0.2) is 17.6 Å². The lowest BCUT2D eigenvalue weighted by atomic mass is 10.0. The second-order valence-electron chi connectivity index (χ2n) is 3.89. The van der Waals surface area contributed by atoms with Crippen molar-refractivity contribution in [2.75, 3.05) is 6.54 Å². The zero-order valence-electron chi connectivity index (χ0n) is 9.37. The summed E-state index contributed by atoms with van der Waals surface area (Å²) in [4.78, 5) is 3.76. The molecule has 6 heteroatoms. The number of alkyl halides is 3. The average Bonchev–Trinajstić information content (AvgIpc) is 2.25. The Bertz CT molecular complexity index is 352. The predicted molar refractivity (Wildman–Crippen MR) is 59.2 cm³/mol. The maximum Gasteiger partial charge on any atom is 0.418 e. The zero-order chi connectivity index (χ0) is 12.9. The molecule has 0 fully saturated rings. The first-order chi connectivity index (χ1) is 7.95. The fourth-order valence-corrected chi connectivity index (χ4v) is 1.59. The molecule has 0 aliphatic rings. The van der Waals surface area contributed by atoms with E-state index in [1.165, 1.54) is 12.3 Å². The van der Waals surface area contributed by atoms with Crippen molar-refractivity contribution in [2.24, 2.45) is 11.5 Å². The van der Waals surface area contributed by atoms with Gasteiger partial charge in [-0.1, -0.05) is 0 Å². The van der Waals surface area contributed by atoms with E-state index in [0.717, 1.165) is 6.07 Å². The molecule has 1 unspecified atom stereocenters. The summed E-state index contributed by atoms with van der Waals surface area (Å²) in [7, 11) is 0. The van der Waals surface area contributed by atoms with Crippen LogP contribution in [0.5, 0.6) is 0 Å². The van der Waals surface area contributed by atoms with Gasteiger partial charge in [-0.25, -0.2) is 0 Å². The van der Waals surface area contributed by atoms with Crippen LogP contribution >= 0.6 is 0 Å². The highest BCUT2D eigenvalue weighted by atomic mass is 19.4. The number of nitrogens with two attached hydrogens (primary N) is 2. The van der Waals surface area contributed by atoms with E-state index < -0.39 is 11.7 Å². The summed E-state index contributed by atoms with van der Waals surface area (Å²) in [5, 5.41) is 0. The van der Waals surface area contributed by atoms with Crippen molar-refractivity contribution in [1.29, 1.82) is 0 Å². The van der Waals surface area contributed by atoms with E-state index >= 15 is 0 Å². The number of pyridine rings is 1. The zero-order valence-corrected chi connectivity index (χ0v) is 9.37. The second-order valence-corrected chi connectivity index (χ2v) is 3.89. The Morgan fingerprint density at radius 3 is 2.65 bits per heavy atom. The van der Waals surface area contributed by atoms with Crippen molar-refractivity contribution < 1.29 is 13.2 Å². The SMILES string of the molecule is NCCCC(N)Cc1ncccc1C(F)(F)F. The van der Waals surface area contributed by atoms with Gasteiger partial charge in [-0.15, -0.1) is 0 Å². The molecule has 1 aromatic heterocycles. The van der Waals surface area contributed by atoms with Crippen LogP contribution in [0.2, 0.25) is 0 Å². The summed E-state index contributed by atoms with van der Waals surface area (Å²) < 4.78 is 37.9. The van der Waals surface area contributed by atoms with Crippen molar-refractivity contribution in [3.63, 3.8) is 0 Å². The quantitative estimate of drug-likeness (QED) is 0.832. The molecule has 0 aromatic carbocycles. The first-order valence-corrected chi connectivity index (χ1v) is 5.42. The molecule has 96 valence electrons. The predicted octanol–water partition coefficient (Wildman–Crippen LogP) is 1.71. The van der Waals surface area contributed by atoms with E-state index in [4.69, 9.17) is 11.5 Å². The van der Waals surface area contributed by atoms with Crippen molar-refractivity contribution in [1.82, 2.24) is 4.98 Å². The van der Waals surface area contributed by atoms with E-state index in [9.17, 15) is 13.2 Å². The van der Waals surface area contributed by atoms with E-state index in [-0.39, 0.29) is 18.2 Å². The Hall–Kier alpha value is -1.14. The molecular formula is C11H16F3N3. The van der Waals surface area contributed by atoms with Crippen molar-refractivity contribution in [3.8, 4) is 0 Å². The first kappa shape index (κ1) is 13.9. The Balaban J connectivity index is 2.77. The maximum atomic E-state index is 12.6. The monoisotopic (exact) mass is 247 g/mol. The van der Waals surface area contributed by atoms with Gasteiger partial charge in [0.2, 0.25) is 0 Å². The van der Waals surface area contributed by atoms with Crippen LogP contribution in [0.25, 0.3) is 0 Å². The molecule has 0 saturated heterocycles. The molecule has 1 rings (SSSR count). The number of nitrogens with zero attached hydrogens (tertiary/aromatic N) is 1. The Kier molecular flexibility index (Phi) is 4.89. The fraction of sp³-hybridized carbons (Fsp3) is 0.545. The summed E-state index contributed by atoms with van der Waals surface area (Å²) in [5.41, 5.74) is 10.4. The highest BCUT2D eigenvalue weighted by Gasteiger charge is 2.33. The highest BCUT2D eigenvalue weighted by molar-refractivity contribution is 5.23. The van der Waals surface area contributed by atoms with Gasteiger partial charge >= 0.3 is 6.18 Å². The second kappa shape index (κ2) is 5.97. The third kappa shape index (κ3) is 4.32. The normalized spacial score (nSPS) is 13.7. The average molecular weight is 247 g/mol. The molecule has 1 heterocycles. The van der Waals surface area contributed by atoms with Gasteiger partial charge in [0.15, 0.2) is 0 Å². The van der Waals surface area contributed by atoms with Crippen molar-refractivity contribution in [3.05, 3.63) is 29.6 Å². The summed E-state index contributed by atoms with van der Waals surface area (Å²) in [5.74, 6) is 0. The molecule has 0 aliphatic heterocycles. The van der Waals surface area contributed by atoms with E-state index in [0.29, 0.717) is 19.4 Å². The number of aromatic nitrogens is 1. The van der Waals surface area contributed by atoms with E-state index in [2.05, 4.69) is 4.98 Å². The van der Waals surface area contributed by atoms with E-state index in [1.54, 1.807) is 0 Å². The van der Waals surface area contributed by atoms with Gasteiger partial charge in [-0.2, -0.15) is 13.2 Å².